The van der Waals surface area contributed by atoms with E-state index in [1.54, 1.807) is 12.1 Å². The highest BCUT2D eigenvalue weighted by Crippen LogP contribution is 2.32. The predicted octanol–water partition coefficient (Wildman–Crippen LogP) is 5.56. The van der Waals surface area contributed by atoms with Gasteiger partial charge in [-0.15, -0.1) is 0 Å². The third kappa shape index (κ3) is 4.77. The van der Waals surface area contributed by atoms with E-state index in [9.17, 15) is 4.79 Å². The number of carbonyl (C=O) groups excluding carboxylic acids is 1. The molecule has 0 aliphatic heterocycles. The predicted molar refractivity (Wildman–Crippen MR) is 119 cm³/mol. The Hall–Kier alpha value is -3.19. The molecule has 0 bridgehead atoms. The largest absolute Gasteiger partial charge is 0.489 e. The molecule has 0 saturated carbocycles. The summed E-state index contributed by atoms with van der Waals surface area (Å²) in [5.41, 5.74) is 2.42. The van der Waals surface area contributed by atoms with E-state index >= 15 is 0 Å². The van der Waals surface area contributed by atoms with Crippen molar-refractivity contribution in [2.45, 2.75) is 45.8 Å². The quantitative estimate of drug-likeness (QED) is 0.251. The van der Waals surface area contributed by atoms with Gasteiger partial charge in [-0.2, -0.15) is 10.1 Å². The number of carbonyl (C=O) groups is 1. The van der Waals surface area contributed by atoms with E-state index < -0.39 is 0 Å². The summed E-state index contributed by atoms with van der Waals surface area (Å²) in [6.45, 7) is 4.65. The number of halogens is 1. The number of fused-ring (bicyclic) bond motifs is 1. The Morgan fingerprint density at radius 2 is 2.10 bits per heavy atom. The monoisotopic (exact) mass is 438 g/mol. The summed E-state index contributed by atoms with van der Waals surface area (Å²) < 4.78 is 13.1. The third-order valence-electron chi connectivity index (χ3n) is 4.77. The zero-order valence-electron chi connectivity index (χ0n) is 17.4. The number of hydrogen-bond donors (Lipinski definition) is 0. The van der Waals surface area contributed by atoms with Crippen molar-refractivity contribution >= 4 is 28.8 Å². The summed E-state index contributed by atoms with van der Waals surface area (Å²) >= 11 is 6.34. The van der Waals surface area contributed by atoms with Gasteiger partial charge in [0.05, 0.1) is 16.6 Å². The van der Waals surface area contributed by atoms with Gasteiger partial charge < -0.3 is 14.1 Å². The lowest BCUT2D eigenvalue weighted by Crippen LogP contribution is -2.05. The van der Waals surface area contributed by atoms with Crippen LogP contribution in [0.2, 0.25) is 5.02 Å². The van der Waals surface area contributed by atoms with E-state index in [0.717, 1.165) is 47.7 Å². The molecule has 0 fully saturated rings. The van der Waals surface area contributed by atoms with E-state index in [-0.39, 0.29) is 6.10 Å². The lowest BCUT2D eigenvalue weighted by atomic mass is 10.1. The van der Waals surface area contributed by atoms with Crippen LogP contribution in [0.5, 0.6) is 5.75 Å². The van der Waals surface area contributed by atoms with Crippen molar-refractivity contribution in [2.75, 3.05) is 0 Å². The van der Waals surface area contributed by atoms with Crippen LogP contribution < -0.4 is 4.74 Å². The summed E-state index contributed by atoms with van der Waals surface area (Å²) in [5.74, 6) is 1.48. The van der Waals surface area contributed by atoms with Gasteiger partial charge in [-0.05, 0) is 51.0 Å². The number of ether oxygens (including phenoxy) is 1. The molecule has 0 aliphatic carbocycles. The number of aromatic nitrogens is 4. The zero-order chi connectivity index (χ0) is 21.8. The normalized spacial score (nSPS) is 11.4. The molecule has 7 nitrogen and oxygen atoms in total. The summed E-state index contributed by atoms with van der Waals surface area (Å²) in [6, 6.07) is 11.2. The molecule has 0 spiro atoms. The van der Waals surface area contributed by atoms with Gasteiger partial charge >= 0.3 is 0 Å². The summed E-state index contributed by atoms with van der Waals surface area (Å²) in [4.78, 5) is 15.1. The smallest absolute Gasteiger partial charge is 0.258 e. The minimum absolute atomic E-state index is 0.0322. The number of benzene rings is 2. The molecule has 4 aromatic rings. The van der Waals surface area contributed by atoms with E-state index in [4.69, 9.17) is 20.9 Å². The molecule has 0 amide bonds. The minimum Gasteiger partial charge on any atom is -0.489 e. The summed E-state index contributed by atoms with van der Waals surface area (Å²) in [6.07, 6.45) is 5.28. The van der Waals surface area contributed by atoms with Crippen LogP contribution in [0, 0.1) is 0 Å². The molecule has 0 N–H and O–H groups in total. The van der Waals surface area contributed by atoms with E-state index in [2.05, 4.69) is 15.2 Å². The average Bonchev–Trinajstić information content (AvgIpc) is 3.39. The van der Waals surface area contributed by atoms with Gasteiger partial charge in [0.15, 0.2) is 0 Å². The highest BCUT2D eigenvalue weighted by molar-refractivity contribution is 6.32. The van der Waals surface area contributed by atoms with Crippen LogP contribution in [-0.4, -0.2) is 32.3 Å². The third-order valence-corrected chi connectivity index (χ3v) is 5.06. The van der Waals surface area contributed by atoms with Crippen LogP contribution in [0.1, 0.15) is 33.1 Å². The Balaban J connectivity index is 1.59. The molecule has 8 heteroatoms. The number of rotatable bonds is 9. The van der Waals surface area contributed by atoms with Crippen molar-refractivity contribution in [1.29, 1.82) is 0 Å². The number of nitrogens with zero attached hydrogens (tertiary/aromatic N) is 4. The Labute approximate surface area is 185 Å². The Bertz CT molecular complexity index is 1200. The molecular formula is C23H23ClN4O3. The summed E-state index contributed by atoms with van der Waals surface area (Å²) in [5, 5.41) is 10.2. The van der Waals surface area contributed by atoms with Crippen molar-refractivity contribution in [3.05, 3.63) is 47.6 Å². The molecule has 2 aromatic carbocycles. The van der Waals surface area contributed by atoms with Gasteiger partial charge in [-0.3, -0.25) is 4.68 Å². The van der Waals surface area contributed by atoms with Gasteiger partial charge in [0.1, 0.15) is 12.0 Å². The highest BCUT2D eigenvalue weighted by atomic mass is 35.5. The topological polar surface area (TPSA) is 83.0 Å². The molecule has 2 heterocycles. The fourth-order valence-electron chi connectivity index (χ4n) is 3.34. The molecule has 0 radical (unpaired) electrons. The van der Waals surface area contributed by atoms with E-state index in [1.165, 1.54) is 0 Å². The van der Waals surface area contributed by atoms with Crippen LogP contribution in [0.4, 0.5) is 0 Å². The number of unbranched alkanes of at least 4 members (excludes halogenated alkanes) is 2. The van der Waals surface area contributed by atoms with E-state index in [0.29, 0.717) is 28.9 Å². The van der Waals surface area contributed by atoms with Crippen molar-refractivity contribution in [2.24, 2.45) is 0 Å². The molecule has 2 aromatic heterocycles. The first kappa shape index (κ1) is 21.1. The maximum Gasteiger partial charge on any atom is 0.258 e. The van der Waals surface area contributed by atoms with Crippen molar-refractivity contribution in [1.82, 2.24) is 19.9 Å². The number of hydrogen-bond acceptors (Lipinski definition) is 6. The van der Waals surface area contributed by atoms with E-state index in [1.807, 2.05) is 49.0 Å². The van der Waals surface area contributed by atoms with Gasteiger partial charge in [0.2, 0.25) is 5.82 Å². The first-order valence-corrected chi connectivity index (χ1v) is 10.6. The Kier molecular flexibility index (Phi) is 6.32. The second-order valence-corrected chi connectivity index (χ2v) is 7.94. The van der Waals surface area contributed by atoms with Gasteiger partial charge in [0, 0.05) is 35.7 Å². The fraction of sp³-hybridized carbons (Fsp3) is 0.304. The average molecular weight is 439 g/mol. The first-order valence-electron chi connectivity index (χ1n) is 10.3. The molecule has 160 valence electrons. The number of aryl methyl sites for hydroxylation is 1. The van der Waals surface area contributed by atoms with Gasteiger partial charge in [-0.25, -0.2) is 0 Å². The molecule has 0 unspecified atom stereocenters. The molecule has 0 atom stereocenters. The maximum absolute atomic E-state index is 10.5. The van der Waals surface area contributed by atoms with Crippen molar-refractivity contribution in [3.8, 4) is 28.6 Å². The van der Waals surface area contributed by atoms with Crippen LogP contribution in [0.25, 0.3) is 33.7 Å². The maximum atomic E-state index is 10.5. The number of aldehydes is 1. The van der Waals surface area contributed by atoms with Crippen LogP contribution in [0.15, 0.2) is 47.1 Å². The van der Waals surface area contributed by atoms with Crippen LogP contribution >= 0.6 is 11.6 Å². The van der Waals surface area contributed by atoms with Crippen LogP contribution in [0.3, 0.4) is 0 Å². The molecule has 31 heavy (non-hydrogen) atoms. The first-order chi connectivity index (χ1) is 15.0. The van der Waals surface area contributed by atoms with Crippen molar-refractivity contribution in [3.63, 3.8) is 0 Å². The Morgan fingerprint density at radius 1 is 1.23 bits per heavy atom. The van der Waals surface area contributed by atoms with Gasteiger partial charge in [-0.1, -0.05) is 28.9 Å². The SMILES string of the molecule is CC(C)Oc1ccc(-c2nc(-c3cccc4nn(CCCCC=O)cc34)no2)cc1Cl. The highest BCUT2D eigenvalue weighted by Gasteiger charge is 2.16. The lowest BCUT2D eigenvalue weighted by Gasteiger charge is -2.11. The van der Waals surface area contributed by atoms with Gasteiger partial charge in [0.25, 0.3) is 5.89 Å². The molecule has 0 saturated heterocycles. The molecule has 0 aliphatic rings. The second kappa shape index (κ2) is 9.31. The lowest BCUT2D eigenvalue weighted by molar-refractivity contribution is -0.107. The fourth-order valence-corrected chi connectivity index (χ4v) is 3.56. The Morgan fingerprint density at radius 3 is 2.87 bits per heavy atom. The molecular weight excluding hydrogens is 416 g/mol. The second-order valence-electron chi connectivity index (χ2n) is 7.53. The standard InChI is InChI=1S/C23H23ClN4O3/c1-15(2)30-21-10-9-16(13-19(21)24)23-25-22(27-31-23)17-7-6-8-20-18(17)14-28(26-20)11-4-3-5-12-29/h6-10,12-15H,3-5,11H2,1-2H3. The van der Waals surface area contributed by atoms with Crippen LogP contribution in [-0.2, 0) is 11.3 Å². The zero-order valence-corrected chi connectivity index (χ0v) is 18.2. The summed E-state index contributed by atoms with van der Waals surface area (Å²) in [7, 11) is 0. The molecule has 4 rings (SSSR count). The minimum atomic E-state index is 0.0322. The van der Waals surface area contributed by atoms with Crippen molar-refractivity contribution < 1.29 is 14.1 Å².